The number of nitrogens with one attached hydrogen (secondary N) is 2. The minimum absolute atomic E-state index is 0.150. The van der Waals surface area contributed by atoms with Gasteiger partial charge < -0.3 is 25.4 Å². The van der Waals surface area contributed by atoms with E-state index in [0.717, 1.165) is 24.8 Å². The normalized spacial score (nSPS) is 33.2. The molecule has 3 N–H and O–H groups in total. The number of fused-ring (bicyclic) bond motifs is 1. The van der Waals surface area contributed by atoms with Gasteiger partial charge in [0.05, 0.1) is 30.6 Å². The minimum Gasteiger partial charge on any atom is -0.394 e. The van der Waals surface area contributed by atoms with Gasteiger partial charge >= 0.3 is 0 Å². The van der Waals surface area contributed by atoms with E-state index in [-0.39, 0.29) is 29.2 Å². The number of carbonyl (C=O) groups excluding carboxylic acids is 3. The summed E-state index contributed by atoms with van der Waals surface area (Å²) in [5.74, 6) is -2.36. The number of amides is 3. The van der Waals surface area contributed by atoms with Crippen LogP contribution in [0.1, 0.15) is 44.2 Å². The maximum Gasteiger partial charge on any atom is 0.245 e. The maximum absolute atomic E-state index is 13.9. The van der Waals surface area contributed by atoms with E-state index in [4.69, 9.17) is 4.74 Å². The van der Waals surface area contributed by atoms with Crippen molar-refractivity contribution in [1.29, 1.82) is 0 Å². The molecule has 1 spiro atoms. The number of aliphatic hydroxyl groups is 1. The zero-order valence-corrected chi connectivity index (χ0v) is 20.6. The van der Waals surface area contributed by atoms with Gasteiger partial charge in [0, 0.05) is 18.4 Å². The number of hydrogen-bond acceptors (Lipinski definition) is 5. The van der Waals surface area contributed by atoms with E-state index in [1.165, 1.54) is 4.90 Å². The molecule has 3 heterocycles. The summed E-state index contributed by atoms with van der Waals surface area (Å²) in [6.45, 7) is 2.25. The first kappa shape index (κ1) is 24.2. The Morgan fingerprint density at radius 3 is 2.64 bits per heavy atom. The molecule has 0 saturated carbocycles. The predicted octanol–water partition coefficient (Wildman–Crippen LogP) is 1.52. The van der Waals surface area contributed by atoms with Gasteiger partial charge in [-0.1, -0.05) is 66.0 Å². The predicted molar refractivity (Wildman–Crippen MR) is 125 cm³/mol. The van der Waals surface area contributed by atoms with Crippen molar-refractivity contribution in [2.75, 3.05) is 20.2 Å². The first-order valence-electron chi connectivity index (χ1n) is 11.7. The van der Waals surface area contributed by atoms with E-state index in [0.29, 0.717) is 13.0 Å². The van der Waals surface area contributed by atoms with Crippen molar-refractivity contribution < 1.29 is 24.2 Å². The van der Waals surface area contributed by atoms with E-state index in [1.54, 1.807) is 7.05 Å². The Labute approximate surface area is 202 Å². The van der Waals surface area contributed by atoms with Gasteiger partial charge in [0.1, 0.15) is 11.6 Å². The van der Waals surface area contributed by atoms with Crippen LogP contribution in [0.5, 0.6) is 0 Å². The third-order valence-electron chi connectivity index (χ3n) is 7.30. The van der Waals surface area contributed by atoms with E-state index in [2.05, 4.69) is 33.5 Å². The number of aliphatic hydroxyl groups excluding tert-OH is 1. The zero-order chi connectivity index (χ0) is 23.8. The van der Waals surface area contributed by atoms with Gasteiger partial charge in [0.2, 0.25) is 17.7 Å². The molecule has 3 aliphatic heterocycles. The summed E-state index contributed by atoms with van der Waals surface area (Å²) in [6, 6.07) is 7.54. The third-order valence-corrected chi connectivity index (χ3v) is 8.14. The fraction of sp³-hybridized carbons (Fsp3) is 0.625. The lowest BCUT2D eigenvalue weighted by Crippen LogP contribution is -2.56. The second-order valence-electron chi connectivity index (χ2n) is 9.13. The molecule has 3 unspecified atom stereocenters. The van der Waals surface area contributed by atoms with Crippen molar-refractivity contribution in [1.82, 2.24) is 15.5 Å². The van der Waals surface area contributed by atoms with Gasteiger partial charge in [0.15, 0.2) is 0 Å². The van der Waals surface area contributed by atoms with Crippen molar-refractivity contribution in [3.05, 3.63) is 35.9 Å². The molecule has 33 heavy (non-hydrogen) atoms. The number of hydrogen-bond donors (Lipinski definition) is 3. The summed E-state index contributed by atoms with van der Waals surface area (Å²) >= 11 is 3.64. The summed E-state index contributed by atoms with van der Waals surface area (Å²) in [5.41, 5.74) is -0.389. The summed E-state index contributed by atoms with van der Waals surface area (Å²) in [5, 5.41) is 16.0. The van der Waals surface area contributed by atoms with Crippen LogP contribution in [0.25, 0.3) is 0 Å². The molecule has 2 bridgehead atoms. The van der Waals surface area contributed by atoms with Gasteiger partial charge in [-0.3, -0.25) is 14.4 Å². The summed E-state index contributed by atoms with van der Waals surface area (Å²) in [7, 11) is 1.54. The Kier molecular flexibility index (Phi) is 7.12. The number of halogens is 1. The van der Waals surface area contributed by atoms with Gasteiger partial charge in [-0.05, 0) is 18.4 Å². The standard InChI is InChI=1S/C24H32BrN3O5/c1-3-4-8-11-27-22(31)20-24-12-15(25)19(33-24)17(21(30)26-2)18(24)23(32)28(20)16(13-29)14-9-6-5-7-10-14/h5-7,9-10,15-20,29H,3-4,8,11-13H2,1-2H3,(H,26,30)(H,27,31)/t15?,16-,17-,18+,19-,20?,24?/m1/s1. The Morgan fingerprint density at radius 2 is 2.00 bits per heavy atom. The molecule has 180 valence electrons. The molecule has 3 fully saturated rings. The highest BCUT2D eigenvalue weighted by Gasteiger charge is 2.77. The SMILES string of the molecule is CCCCCNC(=O)C1N([C@H](CO)c2ccccc2)C(=O)[C@@H]2[C@@H](C(=O)NC)[C@@H]3OC12CC3Br. The van der Waals surface area contributed by atoms with Crippen LogP contribution in [0.4, 0.5) is 0 Å². The van der Waals surface area contributed by atoms with E-state index in [9.17, 15) is 19.5 Å². The molecule has 0 radical (unpaired) electrons. The number of alkyl halides is 1. The fourth-order valence-electron chi connectivity index (χ4n) is 5.88. The molecule has 3 aliphatic rings. The molecule has 0 aliphatic carbocycles. The molecule has 9 heteroatoms. The Balaban J connectivity index is 1.76. The first-order chi connectivity index (χ1) is 15.9. The highest BCUT2D eigenvalue weighted by Crippen LogP contribution is 2.61. The Hall–Kier alpha value is -1.97. The van der Waals surface area contributed by atoms with Crippen molar-refractivity contribution >= 4 is 33.7 Å². The zero-order valence-electron chi connectivity index (χ0n) is 19.0. The summed E-state index contributed by atoms with van der Waals surface area (Å²) < 4.78 is 6.41. The lowest BCUT2D eigenvalue weighted by atomic mass is 9.70. The van der Waals surface area contributed by atoms with Crippen molar-refractivity contribution in [2.45, 2.75) is 61.2 Å². The smallest absolute Gasteiger partial charge is 0.245 e. The average molecular weight is 522 g/mol. The second kappa shape index (κ2) is 9.72. The van der Waals surface area contributed by atoms with Crippen LogP contribution in [0.2, 0.25) is 0 Å². The number of ether oxygens (including phenoxy) is 1. The lowest BCUT2D eigenvalue weighted by molar-refractivity contribution is -0.145. The van der Waals surface area contributed by atoms with Gasteiger partial charge in [-0.2, -0.15) is 0 Å². The molecule has 4 rings (SSSR count). The molecule has 0 aromatic heterocycles. The van der Waals surface area contributed by atoms with Gasteiger partial charge in [0.25, 0.3) is 0 Å². The molecule has 7 atom stereocenters. The third kappa shape index (κ3) is 3.88. The van der Waals surface area contributed by atoms with Crippen molar-refractivity contribution in [3.63, 3.8) is 0 Å². The fourth-order valence-corrected chi connectivity index (χ4v) is 6.82. The van der Waals surface area contributed by atoms with Crippen molar-refractivity contribution in [2.24, 2.45) is 11.8 Å². The number of nitrogens with zero attached hydrogens (tertiary/aromatic N) is 1. The quantitative estimate of drug-likeness (QED) is 0.337. The minimum atomic E-state index is -1.12. The number of carbonyl (C=O) groups is 3. The van der Waals surface area contributed by atoms with Crippen LogP contribution >= 0.6 is 15.9 Å². The van der Waals surface area contributed by atoms with Gasteiger partial charge in [-0.25, -0.2) is 0 Å². The summed E-state index contributed by atoms with van der Waals surface area (Å²) in [4.78, 5) is 41.7. The maximum atomic E-state index is 13.9. The largest absolute Gasteiger partial charge is 0.394 e. The topological polar surface area (TPSA) is 108 Å². The number of unbranched alkanes of at least 4 members (excludes halogenated alkanes) is 2. The molecule has 8 nitrogen and oxygen atoms in total. The molecular formula is C24H32BrN3O5. The highest BCUT2D eigenvalue weighted by atomic mass is 79.9. The Bertz CT molecular complexity index is 899. The Morgan fingerprint density at radius 1 is 1.27 bits per heavy atom. The van der Waals surface area contributed by atoms with Crippen LogP contribution in [0.15, 0.2) is 30.3 Å². The number of rotatable bonds is 9. The van der Waals surface area contributed by atoms with E-state index >= 15 is 0 Å². The van der Waals surface area contributed by atoms with E-state index in [1.807, 2.05) is 30.3 Å². The molecular weight excluding hydrogens is 490 g/mol. The monoisotopic (exact) mass is 521 g/mol. The lowest BCUT2D eigenvalue weighted by Gasteiger charge is -2.37. The highest BCUT2D eigenvalue weighted by molar-refractivity contribution is 9.09. The number of likely N-dealkylation sites (tertiary alicyclic amines) is 1. The molecule has 1 aromatic rings. The number of benzene rings is 1. The van der Waals surface area contributed by atoms with Crippen LogP contribution in [0, 0.1) is 11.8 Å². The first-order valence-corrected chi connectivity index (χ1v) is 12.6. The van der Waals surface area contributed by atoms with Crippen LogP contribution in [-0.2, 0) is 19.1 Å². The van der Waals surface area contributed by atoms with Crippen LogP contribution in [-0.4, -0.2) is 70.5 Å². The molecule has 1 aromatic carbocycles. The van der Waals surface area contributed by atoms with E-state index < -0.39 is 35.6 Å². The van der Waals surface area contributed by atoms with Crippen LogP contribution in [0.3, 0.4) is 0 Å². The molecule has 3 saturated heterocycles. The molecule has 3 amide bonds. The van der Waals surface area contributed by atoms with Gasteiger partial charge in [-0.15, -0.1) is 0 Å². The van der Waals surface area contributed by atoms with Crippen molar-refractivity contribution in [3.8, 4) is 0 Å². The average Bonchev–Trinajstić information content (AvgIpc) is 3.41. The summed E-state index contributed by atoms with van der Waals surface area (Å²) in [6.07, 6.45) is 2.82. The van der Waals surface area contributed by atoms with Crippen LogP contribution < -0.4 is 10.6 Å². The second-order valence-corrected chi connectivity index (χ2v) is 10.3.